The fraction of sp³-hybridized carbons (Fsp3) is 0.750. The molecule has 1 rings (SSSR count). The number of likely N-dealkylation sites (tertiary alicyclic amines) is 1. The number of halogens is 3. The molecule has 1 aliphatic heterocycles. The van der Waals surface area contributed by atoms with E-state index in [1.807, 2.05) is 0 Å². The van der Waals surface area contributed by atoms with Crippen molar-refractivity contribution < 1.29 is 27.9 Å². The summed E-state index contributed by atoms with van der Waals surface area (Å²) in [6.45, 7) is -0.00741. The Kier molecular flexibility index (Phi) is 3.61. The highest BCUT2D eigenvalue weighted by molar-refractivity contribution is 5.81. The maximum atomic E-state index is 11.8. The average Bonchev–Trinajstić information content (AvgIpc) is 2.60. The van der Waals surface area contributed by atoms with Gasteiger partial charge in [0.25, 0.3) is 0 Å². The van der Waals surface area contributed by atoms with Crippen molar-refractivity contribution in [2.75, 3.05) is 13.1 Å². The Morgan fingerprint density at radius 3 is 2.56 bits per heavy atom. The normalized spacial score (nSPS) is 20.9. The van der Waals surface area contributed by atoms with E-state index in [9.17, 15) is 22.8 Å². The molecule has 0 saturated carbocycles. The number of hydrogen-bond donors (Lipinski definition) is 2. The zero-order chi connectivity index (χ0) is 12.3. The van der Waals surface area contributed by atoms with E-state index >= 15 is 0 Å². The van der Waals surface area contributed by atoms with Gasteiger partial charge in [-0.3, -0.25) is 4.79 Å². The highest BCUT2D eigenvalue weighted by Gasteiger charge is 2.39. The van der Waals surface area contributed by atoms with Gasteiger partial charge in [-0.15, -0.1) is 0 Å². The standard InChI is InChI=1S/C8H11F3N2O3/c9-8(10,11)6(14)12-4-5-2-1-3-13(5)7(15)16/h5H,1-4H2,(H,12,14)(H,15,16). The van der Waals surface area contributed by atoms with Crippen molar-refractivity contribution in [1.82, 2.24) is 10.2 Å². The molecule has 16 heavy (non-hydrogen) atoms. The van der Waals surface area contributed by atoms with E-state index < -0.39 is 24.2 Å². The first-order valence-corrected chi connectivity index (χ1v) is 4.67. The van der Waals surface area contributed by atoms with E-state index in [0.29, 0.717) is 19.4 Å². The number of carbonyl (C=O) groups is 2. The van der Waals surface area contributed by atoms with Crippen molar-refractivity contribution >= 4 is 12.0 Å². The quantitative estimate of drug-likeness (QED) is 0.750. The molecule has 92 valence electrons. The number of nitrogens with one attached hydrogen (secondary N) is 1. The summed E-state index contributed by atoms with van der Waals surface area (Å²) >= 11 is 0. The molecule has 1 fully saturated rings. The van der Waals surface area contributed by atoms with Crippen molar-refractivity contribution in [3.63, 3.8) is 0 Å². The molecule has 1 atom stereocenters. The van der Waals surface area contributed by atoms with Gasteiger partial charge in [-0.05, 0) is 12.8 Å². The van der Waals surface area contributed by atoms with Crippen LogP contribution in [0.5, 0.6) is 0 Å². The lowest BCUT2D eigenvalue weighted by atomic mass is 10.2. The molecule has 1 unspecified atom stereocenters. The summed E-state index contributed by atoms with van der Waals surface area (Å²) in [4.78, 5) is 22.2. The van der Waals surface area contributed by atoms with Crippen LogP contribution in [0.15, 0.2) is 0 Å². The summed E-state index contributed by atoms with van der Waals surface area (Å²) in [6.07, 6.45) is -5.04. The van der Waals surface area contributed by atoms with Crippen LogP contribution in [0, 0.1) is 0 Å². The second-order valence-electron chi connectivity index (χ2n) is 3.48. The maximum Gasteiger partial charge on any atom is 0.471 e. The van der Waals surface area contributed by atoms with Crippen LogP contribution in [0.1, 0.15) is 12.8 Å². The first-order valence-electron chi connectivity index (χ1n) is 4.67. The fourth-order valence-electron chi connectivity index (χ4n) is 1.61. The van der Waals surface area contributed by atoms with E-state index in [1.165, 1.54) is 0 Å². The van der Waals surface area contributed by atoms with Crippen LogP contribution in [-0.4, -0.2) is 47.3 Å². The van der Waals surface area contributed by atoms with E-state index in [1.54, 1.807) is 5.32 Å². The van der Waals surface area contributed by atoms with Gasteiger partial charge in [0.2, 0.25) is 0 Å². The van der Waals surface area contributed by atoms with Gasteiger partial charge >= 0.3 is 18.2 Å². The van der Waals surface area contributed by atoms with Gasteiger partial charge in [0.15, 0.2) is 0 Å². The van der Waals surface area contributed by atoms with Crippen LogP contribution in [-0.2, 0) is 4.79 Å². The highest BCUT2D eigenvalue weighted by Crippen LogP contribution is 2.18. The molecule has 5 nitrogen and oxygen atoms in total. The fourth-order valence-corrected chi connectivity index (χ4v) is 1.61. The summed E-state index contributed by atoms with van der Waals surface area (Å²) in [5.74, 6) is -2.04. The Morgan fingerprint density at radius 2 is 2.06 bits per heavy atom. The second kappa shape index (κ2) is 4.58. The zero-order valence-corrected chi connectivity index (χ0v) is 8.25. The first kappa shape index (κ1) is 12.6. The molecule has 1 saturated heterocycles. The molecule has 1 heterocycles. The minimum absolute atomic E-state index is 0.294. The molecular weight excluding hydrogens is 229 g/mol. The molecule has 0 aromatic heterocycles. The number of amides is 2. The predicted octanol–water partition coefficient (Wildman–Crippen LogP) is 0.807. The van der Waals surface area contributed by atoms with Crippen LogP contribution in [0.2, 0.25) is 0 Å². The lowest BCUT2D eigenvalue weighted by Crippen LogP contribution is -2.46. The SMILES string of the molecule is O=C(O)N1CCCC1CNC(=O)C(F)(F)F. The van der Waals surface area contributed by atoms with E-state index in [2.05, 4.69) is 0 Å². The Balaban J connectivity index is 2.43. The Labute approximate surface area is 89.2 Å². The molecule has 8 heteroatoms. The van der Waals surface area contributed by atoms with Crippen LogP contribution < -0.4 is 5.32 Å². The molecule has 2 amide bonds. The average molecular weight is 240 g/mol. The van der Waals surface area contributed by atoms with Gasteiger partial charge in [-0.25, -0.2) is 4.79 Å². The van der Waals surface area contributed by atoms with Crippen molar-refractivity contribution in [3.8, 4) is 0 Å². The number of alkyl halides is 3. The van der Waals surface area contributed by atoms with E-state index in [-0.39, 0.29) is 6.54 Å². The van der Waals surface area contributed by atoms with Crippen LogP contribution in [0.4, 0.5) is 18.0 Å². The lowest BCUT2D eigenvalue weighted by molar-refractivity contribution is -0.173. The third kappa shape index (κ3) is 3.01. The molecule has 0 spiro atoms. The van der Waals surface area contributed by atoms with Crippen molar-refractivity contribution in [2.24, 2.45) is 0 Å². The molecule has 0 bridgehead atoms. The Morgan fingerprint density at radius 1 is 1.44 bits per heavy atom. The summed E-state index contributed by atoms with van der Waals surface area (Å²) in [5.41, 5.74) is 0. The molecule has 1 aliphatic rings. The summed E-state index contributed by atoms with van der Waals surface area (Å²) < 4.78 is 35.5. The number of hydrogen-bond acceptors (Lipinski definition) is 2. The van der Waals surface area contributed by atoms with E-state index in [4.69, 9.17) is 5.11 Å². The monoisotopic (exact) mass is 240 g/mol. The lowest BCUT2D eigenvalue weighted by Gasteiger charge is -2.21. The maximum absolute atomic E-state index is 11.8. The molecule has 0 radical (unpaired) electrons. The number of carbonyl (C=O) groups excluding carboxylic acids is 1. The topological polar surface area (TPSA) is 69.6 Å². The molecular formula is C8H11F3N2O3. The van der Waals surface area contributed by atoms with Gasteiger partial charge in [-0.1, -0.05) is 0 Å². The molecule has 2 N–H and O–H groups in total. The number of rotatable bonds is 2. The highest BCUT2D eigenvalue weighted by atomic mass is 19.4. The first-order chi connectivity index (χ1) is 7.32. The van der Waals surface area contributed by atoms with Crippen LogP contribution >= 0.6 is 0 Å². The van der Waals surface area contributed by atoms with Gasteiger partial charge in [0, 0.05) is 13.1 Å². The molecule has 0 aliphatic carbocycles. The van der Waals surface area contributed by atoms with Gasteiger partial charge in [-0.2, -0.15) is 13.2 Å². The largest absolute Gasteiger partial charge is 0.471 e. The van der Waals surface area contributed by atoms with Crippen LogP contribution in [0.25, 0.3) is 0 Å². The second-order valence-corrected chi connectivity index (χ2v) is 3.48. The van der Waals surface area contributed by atoms with E-state index in [0.717, 1.165) is 4.90 Å². The summed E-state index contributed by atoms with van der Waals surface area (Å²) in [7, 11) is 0. The smallest absolute Gasteiger partial charge is 0.465 e. The Bertz CT molecular complexity index is 293. The van der Waals surface area contributed by atoms with Crippen molar-refractivity contribution in [3.05, 3.63) is 0 Å². The number of carboxylic acid groups (broad SMARTS) is 1. The van der Waals surface area contributed by atoms with Gasteiger partial charge < -0.3 is 15.3 Å². The molecule has 0 aromatic carbocycles. The minimum Gasteiger partial charge on any atom is -0.465 e. The van der Waals surface area contributed by atoms with Crippen LogP contribution in [0.3, 0.4) is 0 Å². The van der Waals surface area contributed by atoms with Gasteiger partial charge in [0.1, 0.15) is 0 Å². The summed E-state index contributed by atoms with van der Waals surface area (Å²) in [5, 5.41) is 10.4. The third-order valence-corrected chi connectivity index (χ3v) is 2.38. The van der Waals surface area contributed by atoms with Gasteiger partial charge in [0.05, 0.1) is 6.04 Å². The van der Waals surface area contributed by atoms with Crippen molar-refractivity contribution in [2.45, 2.75) is 25.1 Å². The Hall–Kier alpha value is -1.47. The zero-order valence-electron chi connectivity index (χ0n) is 8.25. The molecule has 0 aromatic rings. The minimum atomic E-state index is -4.92. The predicted molar refractivity (Wildman–Crippen MR) is 46.8 cm³/mol. The number of nitrogens with zero attached hydrogens (tertiary/aromatic N) is 1. The van der Waals surface area contributed by atoms with Crippen molar-refractivity contribution in [1.29, 1.82) is 0 Å². The third-order valence-electron chi connectivity index (χ3n) is 2.38. The summed E-state index contributed by atoms with van der Waals surface area (Å²) in [6, 6.07) is -0.566.